The molecule has 0 aliphatic heterocycles. The number of rotatable bonds is 10. The van der Waals surface area contributed by atoms with E-state index in [1.807, 2.05) is 12.1 Å². The molecule has 2 N–H and O–H groups in total. The number of carbonyl (C=O) groups is 1. The van der Waals surface area contributed by atoms with Crippen molar-refractivity contribution in [3.05, 3.63) is 29.8 Å². The highest BCUT2D eigenvalue weighted by Crippen LogP contribution is 2.22. The second kappa shape index (κ2) is 10.7. The Morgan fingerprint density at radius 1 is 1.43 bits per heavy atom. The Kier molecular flexibility index (Phi) is 9.14. The zero-order valence-electron chi connectivity index (χ0n) is 13.1. The van der Waals surface area contributed by atoms with Crippen molar-refractivity contribution in [2.75, 3.05) is 32.6 Å². The summed E-state index contributed by atoms with van der Waals surface area (Å²) in [5.74, 6) is 0.521. The molecule has 0 aliphatic carbocycles. The molecule has 1 atom stereocenters. The first-order valence-corrected chi connectivity index (χ1v) is 8.37. The van der Waals surface area contributed by atoms with E-state index in [0.29, 0.717) is 24.9 Å². The summed E-state index contributed by atoms with van der Waals surface area (Å²) in [6.07, 6.45) is 0.850. The van der Waals surface area contributed by atoms with Gasteiger partial charge in [-0.05, 0) is 37.6 Å². The molecule has 1 aromatic carbocycles. The maximum Gasteiger partial charge on any atom is 0.230 e. The van der Waals surface area contributed by atoms with Gasteiger partial charge in [-0.1, -0.05) is 19.1 Å². The highest BCUT2D eigenvalue weighted by atomic mass is 32.2. The average Bonchev–Trinajstić information content (AvgIpc) is 2.50. The minimum atomic E-state index is 0.0706. The molecule has 0 saturated carbocycles. The molecule has 1 unspecified atom stereocenters. The Labute approximate surface area is 132 Å². The van der Waals surface area contributed by atoms with Gasteiger partial charge in [0, 0.05) is 31.2 Å². The number of nitrogens with one attached hydrogen (secondary N) is 2. The molecule has 0 aliphatic rings. The van der Waals surface area contributed by atoms with Gasteiger partial charge < -0.3 is 15.4 Å². The number of hydrogen-bond donors (Lipinski definition) is 2. The molecule has 0 bridgehead atoms. The van der Waals surface area contributed by atoms with Gasteiger partial charge >= 0.3 is 0 Å². The van der Waals surface area contributed by atoms with Gasteiger partial charge in [-0.3, -0.25) is 4.79 Å². The van der Waals surface area contributed by atoms with Gasteiger partial charge in [-0.15, -0.1) is 11.8 Å². The van der Waals surface area contributed by atoms with E-state index in [1.54, 1.807) is 18.9 Å². The maximum absolute atomic E-state index is 11.7. The third kappa shape index (κ3) is 7.50. The molecule has 0 radical (unpaired) electrons. The number of amides is 1. The molecule has 0 aromatic heterocycles. The van der Waals surface area contributed by atoms with Crippen LogP contribution < -0.4 is 10.6 Å². The fourth-order valence-corrected chi connectivity index (χ4v) is 2.74. The Bertz CT molecular complexity index is 426. The smallest absolute Gasteiger partial charge is 0.230 e. The fraction of sp³-hybridized carbons (Fsp3) is 0.562. The minimum absolute atomic E-state index is 0.0706. The monoisotopic (exact) mass is 310 g/mol. The predicted octanol–water partition coefficient (Wildman–Crippen LogP) is 2.60. The van der Waals surface area contributed by atoms with Crippen LogP contribution in [0, 0.1) is 0 Å². The van der Waals surface area contributed by atoms with Crippen LogP contribution in [-0.4, -0.2) is 38.5 Å². The van der Waals surface area contributed by atoms with Crippen molar-refractivity contribution in [1.29, 1.82) is 0 Å². The molecule has 0 saturated heterocycles. The fourth-order valence-electron chi connectivity index (χ4n) is 1.94. The molecule has 1 rings (SSSR count). The Morgan fingerprint density at radius 3 is 2.95 bits per heavy atom. The van der Waals surface area contributed by atoms with Crippen molar-refractivity contribution in [3.8, 4) is 0 Å². The second-order valence-electron chi connectivity index (χ2n) is 4.84. The molecule has 4 nitrogen and oxygen atoms in total. The van der Waals surface area contributed by atoms with Crippen molar-refractivity contribution in [2.45, 2.75) is 31.2 Å². The zero-order valence-corrected chi connectivity index (χ0v) is 14.0. The summed E-state index contributed by atoms with van der Waals surface area (Å²) in [5.41, 5.74) is 1.25. The van der Waals surface area contributed by atoms with Crippen LogP contribution in [0.1, 0.15) is 31.9 Å². The third-order valence-electron chi connectivity index (χ3n) is 3.09. The summed E-state index contributed by atoms with van der Waals surface area (Å²) in [6, 6.07) is 8.68. The van der Waals surface area contributed by atoms with Crippen LogP contribution in [0.15, 0.2) is 29.2 Å². The van der Waals surface area contributed by atoms with Crippen molar-refractivity contribution in [3.63, 3.8) is 0 Å². The number of hydrogen-bond acceptors (Lipinski definition) is 4. The van der Waals surface area contributed by atoms with E-state index in [-0.39, 0.29) is 5.91 Å². The molecular formula is C16H26N2O2S. The molecule has 1 aromatic rings. The van der Waals surface area contributed by atoms with E-state index in [0.717, 1.165) is 17.9 Å². The molecule has 118 valence electrons. The number of benzene rings is 1. The topological polar surface area (TPSA) is 50.4 Å². The first kappa shape index (κ1) is 18.0. The third-order valence-corrected chi connectivity index (χ3v) is 4.08. The van der Waals surface area contributed by atoms with E-state index >= 15 is 0 Å². The Morgan fingerprint density at radius 2 is 2.24 bits per heavy atom. The van der Waals surface area contributed by atoms with Crippen LogP contribution in [-0.2, 0) is 9.53 Å². The first-order valence-electron chi connectivity index (χ1n) is 7.39. The van der Waals surface area contributed by atoms with E-state index in [4.69, 9.17) is 4.74 Å². The summed E-state index contributed by atoms with van der Waals surface area (Å²) in [7, 11) is 1.67. The SMILES string of the molecule is CCNC(C)c1cccc(SCC(=O)NCCCOC)c1. The molecule has 5 heteroatoms. The lowest BCUT2D eigenvalue weighted by atomic mass is 10.1. The van der Waals surface area contributed by atoms with Crippen LogP contribution in [0.5, 0.6) is 0 Å². The van der Waals surface area contributed by atoms with Crippen LogP contribution >= 0.6 is 11.8 Å². The molecule has 21 heavy (non-hydrogen) atoms. The quantitative estimate of drug-likeness (QED) is 0.515. The summed E-state index contributed by atoms with van der Waals surface area (Å²) >= 11 is 1.57. The lowest BCUT2D eigenvalue weighted by molar-refractivity contribution is -0.118. The summed E-state index contributed by atoms with van der Waals surface area (Å²) in [4.78, 5) is 12.8. The van der Waals surface area contributed by atoms with E-state index in [2.05, 4.69) is 36.6 Å². The van der Waals surface area contributed by atoms with Crippen LogP contribution in [0.3, 0.4) is 0 Å². The molecule has 0 fully saturated rings. The van der Waals surface area contributed by atoms with Gasteiger partial charge in [0.15, 0.2) is 0 Å². The van der Waals surface area contributed by atoms with Crippen molar-refractivity contribution < 1.29 is 9.53 Å². The van der Waals surface area contributed by atoms with E-state index in [9.17, 15) is 4.79 Å². The number of methoxy groups -OCH3 is 1. The van der Waals surface area contributed by atoms with Crippen molar-refractivity contribution in [1.82, 2.24) is 10.6 Å². The standard InChI is InChI=1S/C16H26N2O2S/c1-4-17-13(2)14-7-5-8-15(11-14)21-12-16(19)18-9-6-10-20-3/h5,7-8,11,13,17H,4,6,9-10,12H2,1-3H3,(H,18,19). The normalized spacial score (nSPS) is 12.1. The van der Waals surface area contributed by atoms with Gasteiger partial charge in [0.25, 0.3) is 0 Å². The number of ether oxygens (including phenoxy) is 1. The predicted molar refractivity (Wildman–Crippen MR) is 88.8 cm³/mol. The number of thioether (sulfide) groups is 1. The van der Waals surface area contributed by atoms with Gasteiger partial charge in [0.05, 0.1) is 5.75 Å². The van der Waals surface area contributed by atoms with E-state index in [1.165, 1.54) is 5.56 Å². The molecule has 1 amide bonds. The van der Waals surface area contributed by atoms with E-state index < -0.39 is 0 Å². The van der Waals surface area contributed by atoms with Crippen LogP contribution in [0.4, 0.5) is 0 Å². The first-order chi connectivity index (χ1) is 10.2. The maximum atomic E-state index is 11.7. The highest BCUT2D eigenvalue weighted by Gasteiger charge is 2.06. The average molecular weight is 310 g/mol. The number of carbonyl (C=O) groups excluding carboxylic acids is 1. The molecule has 0 spiro atoms. The van der Waals surface area contributed by atoms with Crippen molar-refractivity contribution in [2.24, 2.45) is 0 Å². The highest BCUT2D eigenvalue weighted by molar-refractivity contribution is 8.00. The largest absolute Gasteiger partial charge is 0.385 e. The Hall–Kier alpha value is -1.04. The van der Waals surface area contributed by atoms with Gasteiger partial charge in [0.1, 0.15) is 0 Å². The summed E-state index contributed by atoms with van der Waals surface area (Å²) in [5, 5.41) is 6.29. The zero-order chi connectivity index (χ0) is 15.5. The summed E-state index contributed by atoms with van der Waals surface area (Å²) < 4.78 is 4.95. The lowest BCUT2D eigenvalue weighted by Crippen LogP contribution is -2.26. The second-order valence-corrected chi connectivity index (χ2v) is 5.89. The van der Waals surface area contributed by atoms with Gasteiger partial charge in [-0.2, -0.15) is 0 Å². The van der Waals surface area contributed by atoms with Gasteiger partial charge in [0.2, 0.25) is 5.91 Å². The van der Waals surface area contributed by atoms with Crippen LogP contribution in [0.2, 0.25) is 0 Å². The molecular weight excluding hydrogens is 284 g/mol. The van der Waals surface area contributed by atoms with Crippen molar-refractivity contribution >= 4 is 17.7 Å². The lowest BCUT2D eigenvalue weighted by Gasteiger charge is -2.13. The Balaban J connectivity index is 2.37. The minimum Gasteiger partial charge on any atom is -0.385 e. The molecule has 0 heterocycles. The van der Waals surface area contributed by atoms with Crippen LogP contribution in [0.25, 0.3) is 0 Å². The van der Waals surface area contributed by atoms with Gasteiger partial charge in [-0.25, -0.2) is 0 Å². The summed E-state index contributed by atoms with van der Waals surface area (Å²) in [6.45, 7) is 6.55.